The van der Waals surface area contributed by atoms with Gasteiger partial charge in [-0.25, -0.2) is 9.37 Å². The summed E-state index contributed by atoms with van der Waals surface area (Å²) >= 11 is 4.26. The summed E-state index contributed by atoms with van der Waals surface area (Å²) in [6.45, 7) is 7.79. The lowest BCUT2D eigenvalue weighted by molar-refractivity contribution is 0.00578. The number of aromatic nitrogens is 1. The maximum absolute atomic E-state index is 13.2. The van der Waals surface area contributed by atoms with E-state index in [2.05, 4.69) is 17.6 Å². The first kappa shape index (κ1) is 16.5. The van der Waals surface area contributed by atoms with Crippen LogP contribution in [0.3, 0.4) is 0 Å². The van der Waals surface area contributed by atoms with E-state index < -0.39 is 30.1 Å². The van der Waals surface area contributed by atoms with Crippen LogP contribution < -0.4 is 0 Å². The van der Waals surface area contributed by atoms with E-state index in [4.69, 9.17) is 9.31 Å². The maximum atomic E-state index is 13.2. The van der Waals surface area contributed by atoms with E-state index in [0.717, 1.165) is 11.5 Å². The van der Waals surface area contributed by atoms with Gasteiger partial charge in [0.1, 0.15) is 0 Å². The van der Waals surface area contributed by atoms with Crippen molar-refractivity contribution in [2.45, 2.75) is 38.9 Å². The Balaban J connectivity index is 2.28. The molecule has 1 aromatic heterocycles. The third kappa shape index (κ3) is 3.30. The number of pyridine rings is 1. The number of hydrogen-bond donors (Lipinski definition) is 1. The van der Waals surface area contributed by atoms with E-state index in [-0.39, 0.29) is 0 Å². The summed E-state index contributed by atoms with van der Waals surface area (Å²) in [6.07, 6.45) is 2.91. The zero-order chi connectivity index (χ0) is 15.8. The van der Waals surface area contributed by atoms with E-state index in [0.29, 0.717) is 11.3 Å². The Kier molecular flexibility index (Phi) is 4.47. The molecule has 1 saturated heterocycles. The van der Waals surface area contributed by atoms with Crippen LogP contribution >= 0.6 is 12.6 Å². The highest BCUT2D eigenvalue weighted by atomic mass is 32.1. The summed E-state index contributed by atoms with van der Waals surface area (Å²) in [5, 5.41) is 0. The molecule has 0 aliphatic carbocycles. The number of nitrogens with zero attached hydrogens (tertiary/aromatic N) is 1. The van der Waals surface area contributed by atoms with E-state index >= 15 is 0 Å². The molecule has 0 radical (unpaired) electrons. The zero-order valence-electron chi connectivity index (χ0n) is 12.5. The first-order chi connectivity index (χ1) is 9.66. The fraction of sp³-hybridized carbons (Fsp3) is 0.500. The summed E-state index contributed by atoms with van der Waals surface area (Å²) in [6, 6.07) is 1.08. The van der Waals surface area contributed by atoms with Crippen LogP contribution in [0.2, 0.25) is 0 Å². The molecule has 7 heteroatoms. The monoisotopic (exact) mass is 313 g/mol. The predicted octanol–water partition coefficient (Wildman–Crippen LogP) is 3.30. The Morgan fingerprint density at radius 2 is 1.86 bits per heavy atom. The highest BCUT2D eigenvalue weighted by Gasteiger charge is 2.52. The van der Waals surface area contributed by atoms with Gasteiger partial charge in [0.05, 0.1) is 11.2 Å². The van der Waals surface area contributed by atoms with Gasteiger partial charge in [-0.15, -0.1) is 0 Å². The quantitative estimate of drug-likeness (QED) is 0.528. The van der Waals surface area contributed by atoms with Crippen LogP contribution in [0, 0.1) is 11.8 Å². The molecule has 114 valence electrons. The molecule has 3 nitrogen and oxygen atoms in total. The molecule has 2 heterocycles. The van der Waals surface area contributed by atoms with Crippen molar-refractivity contribution in [2.75, 3.05) is 5.75 Å². The van der Waals surface area contributed by atoms with E-state index in [1.54, 1.807) is 6.08 Å². The Labute approximate surface area is 129 Å². The van der Waals surface area contributed by atoms with Crippen molar-refractivity contribution >= 4 is 25.8 Å². The Morgan fingerprint density at radius 1 is 1.29 bits per heavy atom. The average molecular weight is 313 g/mol. The van der Waals surface area contributed by atoms with E-state index in [9.17, 15) is 8.78 Å². The van der Waals surface area contributed by atoms with Crippen LogP contribution in [0.1, 0.15) is 33.3 Å². The lowest BCUT2D eigenvalue weighted by Gasteiger charge is -2.32. The van der Waals surface area contributed by atoms with Crippen LogP contribution in [0.15, 0.2) is 17.7 Å². The highest BCUT2D eigenvalue weighted by Crippen LogP contribution is 2.38. The van der Waals surface area contributed by atoms with Gasteiger partial charge in [-0.3, -0.25) is 0 Å². The third-order valence-corrected chi connectivity index (χ3v) is 4.27. The maximum Gasteiger partial charge on any atom is 0.491 e. The Bertz CT molecular complexity index is 562. The largest absolute Gasteiger partial charge is 0.491 e. The van der Waals surface area contributed by atoms with Crippen molar-refractivity contribution in [1.82, 2.24) is 4.98 Å². The van der Waals surface area contributed by atoms with Crippen LogP contribution in [-0.2, 0) is 9.31 Å². The van der Waals surface area contributed by atoms with Gasteiger partial charge >= 0.3 is 7.12 Å². The van der Waals surface area contributed by atoms with Crippen LogP contribution in [0.4, 0.5) is 8.78 Å². The molecule has 1 aliphatic rings. The summed E-state index contributed by atoms with van der Waals surface area (Å²) in [5.41, 5.74) is 0.232. The summed E-state index contributed by atoms with van der Waals surface area (Å²) in [5.74, 6) is -1.73. The van der Waals surface area contributed by atoms with Gasteiger partial charge in [0.15, 0.2) is 5.82 Å². The third-order valence-electron chi connectivity index (χ3n) is 3.91. The summed E-state index contributed by atoms with van der Waals surface area (Å²) in [7, 11) is -0.569. The van der Waals surface area contributed by atoms with Gasteiger partial charge in [0.2, 0.25) is 5.95 Å². The standard InChI is InChI=1S/C14H18BF2NO2S/c1-13(2)14(3,4)20-15(19-13)10(8-21)5-9-6-11(16)12(17)18-7-9/h5-7,21H,8H2,1-4H3. The SMILES string of the molecule is CC1(C)OB(C(=Cc2cnc(F)c(F)c2)CS)OC1(C)C. The van der Waals surface area contributed by atoms with Gasteiger partial charge < -0.3 is 9.31 Å². The van der Waals surface area contributed by atoms with Crippen molar-refractivity contribution in [3.05, 3.63) is 35.1 Å². The number of hydrogen-bond acceptors (Lipinski definition) is 4. The lowest BCUT2D eigenvalue weighted by Crippen LogP contribution is -2.41. The van der Waals surface area contributed by atoms with Gasteiger partial charge in [-0.2, -0.15) is 17.0 Å². The normalized spacial score (nSPS) is 20.9. The molecule has 0 aromatic carbocycles. The van der Waals surface area contributed by atoms with Crippen molar-refractivity contribution in [1.29, 1.82) is 0 Å². The molecule has 0 amide bonds. The van der Waals surface area contributed by atoms with Gasteiger partial charge in [0, 0.05) is 11.9 Å². The van der Waals surface area contributed by atoms with Gasteiger partial charge in [0.25, 0.3) is 0 Å². The van der Waals surface area contributed by atoms with Crippen molar-refractivity contribution < 1.29 is 18.1 Å². The van der Waals surface area contributed by atoms with E-state index in [1.807, 2.05) is 27.7 Å². The van der Waals surface area contributed by atoms with Crippen LogP contribution in [0.25, 0.3) is 6.08 Å². The minimum atomic E-state index is -1.12. The Hall–Kier alpha value is -0.915. The predicted molar refractivity (Wildman–Crippen MR) is 82.1 cm³/mol. The molecule has 0 bridgehead atoms. The molecule has 0 atom stereocenters. The molecular weight excluding hydrogens is 295 g/mol. The smallest absolute Gasteiger partial charge is 0.400 e. The number of halogens is 2. The molecule has 1 fully saturated rings. The first-order valence-electron chi connectivity index (χ1n) is 6.64. The fourth-order valence-corrected chi connectivity index (χ4v) is 2.15. The average Bonchev–Trinajstić information content (AvgIpc) is 2.59. The highest BCUT2D eigenvalue weighted by molar-refractivity contribution is 7.80. The van der Waals surface area contributed by atoms with Gasteiger partial charge in [-0.1, -0.05) is 6.08 Å². The fourth-order valence-electron chi connectivity index (χ4n) is 1.91. The van der Waals surface area contributed by atoms with E-state index in [1.165, 1.54) is 6.20 Å². The van der Waals surface area contributed by atoms with Crippen LogP contribution in [-0.4, -0.2) is 29.1 Å². The molecule has 2 rings (SSSR count). The minimum Gasteiger partial charge on any atom is -0.400 e. The molecule has 0 unspecified atom stereocenters. The molecule has 0 saturated carbocycles. The van der Waals surface area contributed by atoms with Crippen molar-refractivity contribution in [2.24, 2.45) is 0 Å². The lowest BCUT2D eigenvalue weighted by atomic mass is 9.78. The second kappa shape index (κ2) is 5.70. The molecule has 21 heavy (non-hydrogen) atoms. The van der Waals surface area contributed by atoms with Gasteiger partial charge in [-0.05, 0) is 44.8 Å². The minimum absolute atomic E-state index is 0.371. The molecule has 0 spiro atoms. The molecule has 1 aromatic rings. The first-order valence-corrected chi connectivity index (χ1v) is 7.27. The molecule has 0 N–H and O–H groups in total. The number of rotatable bonds is 3. The zero-order valence-corrected chi connectivity index (χ0v) is 13.4. The second-order valence-corrected chi connectivity index (χ2v) is 6.32. The molecular formula is C14H18BF2NO2S. The summed E-state index contributed by atoms with van der Waals surface area (Å²) < 4.78 is 37.9. The summed E-state index contributed by atoms with van der Waals surface area (Å²) in [4.78, 5) is 3.36. The topological polar surface area (TPSA) is 31.4 Å². The second-order valence-electron chi connectivity index (χ2n) is 6.01. The van der Waals surface area contributed by atoms with Crippen LogP contribution in [0.5, 0.6) is 0 Å². The van der Waals surface area contributed by atoms with Crippen molar-refractivity contribution in [3.63, 3.8) is 0 Å². The molecule has 1 aliphatic heterocycles. The Morgan fingerprint density at radius 3 is 2.33 bits per heavy atom. The number of thiol groups is 1. The van der Waals surface area contributed by atoms with Crippen molar-refractivity contribution in [3.8, 4) is 0 Å².